The lowest BCUT2D eigenvalue weighted by Crippen LogP contribution is -2.18. The Balaban J connectivity index is 1.90. The Morgan fingerprint density at radius 1 is 1.38 bits per heavy atom. The lowest BCUT2D eigenvalue weighted by atomic mass is 9.89. The van der Waals surface area contributed by atoms with Gasteiger partial charge in [0.05, 0.1) is 4.47 Å². The molecule has 0 saturated heterocycles. The number of nitrogens with one attached hydrogen (secondary N) is 1. The second-order valence-corrected chi connectivity index (χ2v) is 5.16. The first-order valence-corrected chi connectivity index (χ1v) is 6.57. The molecule has 1 aliphatic rings. The molecule has 3 N–H and O–H groups in total. The molecule has 1 saturated carbocycles. The SMILES string of the molecule is Nc1ncc(Br)c(NCC2CCCCC2)n1. The van der Waals surface area contributed by atoms with Gasteiger partial charge >= 0.3 is 0 Å². The zero-order valence-electron chi connectivity index (χ0n) is 9.25. The van der Waals surface area contributed by atoms with E-state index in [4.69, 9.17) is 5.73 Å². The summed E-state index contributed by atoms with van der Waals surface area (Å²) in [7, 11) is 0. The van der Waals surface area contributed by atoms with E-state index < -0.39 is 0 Å². The highest BCUT2D eigenvalue weighted by Crippen LogP contribution is 2.25. The van der Waals surface area contributed by atoms with Crippen molar-refractivity contribution in [1.29, 1.82) is 0 Å². The Kier molecular flexibility index (Phi) is 3.98. The third-order valence-corrected chi connectivity index (χ3v) is 3.63. The molecule has 0 spiro atoms. The van der Waals surface area contributed by atoms with Gasteiger partial charge in [0.1, 0.15) is 5.82 Å². The van der Waals surface area contributed by atoms with Crippen LogP contribution in [0.2, 0.25) is 0 Å². The molecule has 1 fully saturated rings. The molecule has 1 aromatic rings. The molecule has 2 rings (SSSR count). The van der Waals surface area contributed by atoms with Crippen molar-refractivity contribution >= 4 is 27.7 Å². The zero-order chi connectivity index (χ0) is 11.4. The molecule has 4 nitrogen and oxygen atoms in total. The van der Waals surface area contributed by atoms with E-state index in [-0.39, 0.29) is 0 Å². The van der Waals surface area contributed by atoms with Gasteiger partial charge in [0, 0.05) is 12.7 Å². The van der Waals surface area contributed by atoms with Crippen molar-refractivity contribution in [1.82, 2.24) is 9.97 Å². The van der Waals surface area contributed by atoms with Gasteiger partial charge in [-0.05, 0) is 34.7 Å². The molecule has 88 valence electrons. The van der Waals surface area contributed by atoms with Crippen LogP contribution in [0.25, 0.3) is 0 Å². The van der Waals surface area contributed by atoms with Crippen LogP contribution in [0, 0.1) is 5.92 Å². The maximum Gasteiger partial charge on any atom is 0.221 e. The average molecular weight is 285 g/mol. The van der Waals surface area contributed by atoms with Crippen LogP contribution in [0.15, 0.2) is 10.7 Å². The third-order valence-electron chi connectivity index (χ3n) is 3.05. The molecule has 0 radical (unpaired) electrons. The summed E-state index contributed by atoms with van der Waals surface area (Å²) in [5, 5.41) is 3.35. The number of halogens is 1. The summed E-state index contributed by atoms with van der Waals surface area (Å²) >= 11 is 3.41. The van der Waals surface area contributed by atoms with Crippen molar-refractivity contribution in [3.8, 4) is 0 Å². The molecule has 1 heterocycles. The molecule has 0 amide bonds. The van der Waals surface area contributed by atoms with Gasteiger partial charge in [0.15, 0.2) is 0 Å². The van der Waals surface area contributed by atoms with Crippen LogP contribution in [-0.4, -0.2) is 16.5 Å². The largest absolute Gasteiger partial charge is 0.369 e. The number of rotatable bonds is 3. The van der Waals surface area contributed by atoms with E-state index in [0.717, 1.165) is 22.8 Å². The van der Waals surface area contributed by atoms with Crippen molar-refractivity contribution in [2.45, 2.75) is 32.1 Å². The van der Waals surface area contributed by atoms with E-state index in [1.807, 2.05) is 0 Å². The number of hydrogen-bond donors (Lipinski definition) is 2. The molecule has 0 atom stereocenters. The highest BCUT2D eigenvalue weighted by Gasteiger charge is 2.13. The Hall–Kier alpha value is -0.840. The van der Waals surface area contributed by atoms with Gasteiger partial charge < -0.3 is 11.1 Å². The minimum Gasteiger partial charge on any atom is -0.369 e. The molecule has 1 aromatic heterocycles. The third kappa shape index (κ3) is 3.07. The van der Waals surface area contributed by atoms with E-state index in [2.05, 4.69) is 31.2 Å². The summed E-state index contributed by atoms with van der Waals surface area (Å²) in [5.41, 5.74) is 5.55. The summed E-state index contributed by atoms with van der Waals surface area (Å²) < 4.78 is 0.873. The number of hydrogen-bond acceptors (Lipinski definition) is 4. The molecular weight excluding hydrogens is 268 g/mol. The summed E-state index contributed by atoms with van der Waals surface area (Å²) in [4.78, 5) is 8.08. The molecule has 5 heteroatoms. The molecule has 0 bridgehead atoms. The predicted octanol–water partition coefficient (Wildman–Crippen LogP) is 2.81. The fourth-order valence-electron chi connectivity index (χ4n) is 2.14. The van der Waals surface area contributed by atoms with Crippen LogP contribution < -0.4 is 11.1 Å². The van der Waals surface area contributed by atoms with Crippen molar-refractivity contribution in [2.75, 3.05) is 17.6 Å². The Bertz CT molecular complexity index is 350. The van der Waals surface area contributed by atoms with Crippen LogP contribution in [0.4, 0.5) is 11.8 Å². The van der Waals surface area contributed by atoms with Crippen LogP contribution in [0.1, 0.15) is 32.1 Å². The maximum absolute atomic E-state index is 5.55. The predicted molar refractivity (Wildman–Crippen MR) is 69.2 cm³/mol. The summed E-state index contributed by atoms with van der Waals surface area (Å²) in [6, 6.07) is 0. The molecule has 1 aliphatic carbocycles. The fourth-order valence-corrected chi connectivity index (χ4v) is 2.47. The van der Waals surface area contributed by atoms with Gasteiger partial charge in [0.25, 0.3) is 0 Å². The van der Waals surface area contributed by atoms with Gasteiger partial charge in [-0.25, -0.2) is 4.98 Å². The topological polar surface area (TPSA) is 63.8 Å². The lowest BCUT2D eigenvalue weighted by molar-refractivity contribution is 0.373. The Labute approximate surface area is 104 Å². The molecule has 0 aromatic carbocycles. The quantitative estimate of drug-likeness (QED) is 0.896. The molecular formula is C11H17BrN4. The Morgan fingerprint density at radius 2 is 2.12 bits per heavy atom. The second-order valence-electron chi connectivity index (χ2n) is 4.31. The van der Waals surface area contributed by atoms with Crippen LogP contribution in [-0.2, 0) is 0 Å². The average Bonchev–Trinajstić information content (AvgIpc) is 2.32. The molecule has 16 heavy (non-hydrogen) atoms. The van der Waals surface area contributed by atoms with Crippen LogP contribution in [0.3, 0.4) is 0 Å². The van der Waals surface area contributed by atoms with Crippen LogP contribution >= 0.6 is 15.9 Å². The summed E-state index contributed by atoms with van der Waals surface area (Å²) in [5.74, 6) is 1.89. The first kappa shape index (κ1) is 11.6. The van der Waals surface area contributed by atoms with Gasteiger partial charge in [-0.2, -0.15) is 4.98 Å². The van der Waals surface area contributed by atoms with Crippen molar-refractivity contribution in [3.63, 3.8) is 0 Å². The van der Waals surface area contributed by atoms with Crippen molar-refractivity contribution in [3.05, 3.63) is 10.7 Å². The normalized spacial score (nSPS) is 17.3. The van der Waals surface area contributed by atoms with Crippen LogP contribution in [0.5, 0.6) is 0 Å². The van der Waals surface area contributed by atoms with Gasteiger partial charge in [-0.15, -0.1) is 0 Å². The van der Waals surface area contributed by atoms with E-state index in [1.54, 1.807) is 6.20 Å². The number of nitrogens with two attached hydrogens (primary N) is 1. The minimum atomic E-state index is 0.314. The number of anilines is 2. The minimum absolute atomic E-state index is 0.314. The van der Waals surface area contributed by atoms with Crippen molar-refractivity contribution < 1.29 is 0 Å². The Morgan fingerprint density at radius 3 is 2.88 bits per heavy atom. The highest BCUT2D eigenvalue weighted by molar-refractivity contribution is 9.10. The number of nitrogen functional groups attached to an aromatic ring is 1. The second kappa shape index (κ2) is 5.48. The number of nitrogens with zero attached hydrogens (tertiary/aromatic N) is 2. The smallest absolute Gasteiger partial charge is 0.221 e. The standard InChI is InChI=1S/C11H17BrN4/c12-9-7-15-11(13)16-10(9)14-6-8-4-2-1-3-5-8/h7-8H,1-6H2,(H3,13,14,15,16). The lowest BCUT2D eigenvalue weighted by Gasteiger charge is -2.22. The zero-order valence-corrected chi connectivity index (χ0v) is 10.8. The number of aromatic nitrogens is 2. The monoisotopic (exact) mass is 284 g/mol. The maximum atomic E-state index is 5.55. The highest BCUT2D eigenvalue weighted by atomic mass is 79.9. The first-order valence-electron chi connectivity index (χ1n) is 5.77. The van der Waals surface area contributed by atoms with Gasteiger partial charge in [-0.3, -0.25) is 0 Å². The summed E-state index contributed by atoms with van der Waals surface area (Å²) in [6.45, 7) is 0.981. The van der Waals surface area contributed by atoms with E-state index in [1.165, 1.54) is 32.1 Å². The molecule has 0 unspecified atom stereocenters. The fraction of sp³-hybridized carbons (Fsp3) is 0.636. The van der Waals surface area contributed by atoms with Crippen molar-refractivity contribution in [2.24, 2.45) is 5.92 Å². The van der Waals surface area contributed by atoms with Gasteiger partial charge in [0.2, 0.25) is 5.95 Å². The first-order chi connectivity index (χ1) is 7.75. The van der Waals surface area contributed by atoms with E-state index in [0.29, 0.717) is 5.95 Å². The van der Waals surface area contributed by atoms with E-state index >= 15 is 0 Å². The molecule has 0 aliphatic heterocycles. The van der Waals surface area contributed by atoms with E-state index in [9.17, 15) is 0 Å². The summed E-state index contributed by atoms with van der Waals surface area (Å²) in [6.07, 6.45) is 8.45. The van der Waals surface area contributed by atoms with Gasteiger partial charge in [-0.1, -0.05) is 19.3 Å².